The second kappa shape index (κ2) is 24.6. The van der Waals surface area contributed by atoms with Crippen LogP contribution in [0.1, 0.15) is 115 Å². The molecular formula is C44H78FNO16. The summed E-state index contributed by atoms with van der Waals surface area (Å²) in [6.45, 7) is 21.7. The first-order chi connectivity index (χ1) is 28.4. The van der Waals surface area contributed by atoms with Gasteiger partial charge in [-0.1, -0.05) is 12.1 Å². The van der Waals surface area contributed by atoms with Crippen LogP contribution in [0, 0.1) is 5.92 Å². The number of esters is 1. The Bertz CT molecular complexity index is 1470. The molecule has 0 radical (unpaired) electrons. The van der Waals surface area contributed by atoms with Gasteiger partial charge in [-0.3, -0.25) is 15.0 Å². The first-order valence-electron chi connectivity index (χ1n) is 20.9. The number of nitrogens with one attached hydrogen (secondary N) is 1. The Balaban J connectivity index is 3.39. The molecule has 1 rings (SSSR count). The molecule has 18 heteroatoms. The van der Waals surface area contributed by atoms with E-state index in [1.54, 1.807) is 69.4 Å². The number of hydrogen-bond donors (Lipinski definition) is 6. The van der Waals surface area contributed by atoms with Crippen molar-refractivity contribution < 1.29 is 82.8 Å². The Morgan fingerprint density at radius 1 is 0.758 bits per heavy atom. The van der Waals surface area contributed by atoms with Gasteiger partial charge in [-0.2, -0.15) is 0 Å². The van der Waals surface area contributed by atoms with E-state index in [9.17, 15) is 39.8 Å². The summed E-state index contributed by atoms with van der Waals surface area (Å²) in [6.07, 6.45) is -9.05. The van der Waals surface area contributed by atoms with Crippen LogP contribution in [0.15, 0.2) is 24.3 Å². The Labute approximate surface area is 367 Å². The van der Waals surface area contributed by atoms with Crippen molar-refractivity contribution in [2.45, 2.75) is 186 Å². The van der Waals surface area contributed by atoms with Crippen molar-refractivity contribution in [2.75, 3.05) is 40.6 Å². The smallest absolute Gasteiger partial charge is 0.341 e. The number of carbonyl (C=O) groups excluding carboxylic acids is 2. The summed E-state index contributed by atoms with van der Waals surface area (Å²) < 4.78 is 53.4. The van der Waals surface area contributed by atoms with Gasteiger partial charge >= 0.3 is 5.97 Å². The topological polar surface area (TPSA) is 230 Å². The lowest BCUT2D eigenvalue weighted by Gasteiger charge is -2.41. The van der Waals surface area contributed by atoms with Gasteiger partial charge in [0.05, 0.1) is 71.6 Å². The molecule has 5 unspecified atom stereocenters. The third kappa shape index (κ3) is 20.1. The molecule has 0 heterocycles. The first-order valence-corrected chi connectivity index (χ1v) is 20.9. The average molecular weight is 896 g/mol. The minimum Gasteiger partial charge on any atom is -0.459 e. The lowest BCUT2D eigenvalue weighted by Crippen LogP contribution is -2.58. The highest BCUT2D eigenvalue weighted by Gasteiger charge is 2.48. The summed E-state index contributed by atoms with van der Waals surface area (Å²) >= 11 is 0. The van der Waals surface area contributed by atoms with Crippen molar-refractivity contribution >= 4 is 11.9 Å². The third-order valence-corrected chi connectivity index (χ3v) is 10.5. The monoisotopic (exact) mass is 896 g/mol. The largest absolute Gasteiger partial charge is 0.459 e. The normalized spacial score (nSPS) is 16.8. The van der Waals surface area contributed by atoms with Crippen LogP contribution < -0.4 is 10.3 Å². The predicted molar refractivity (Wildman–Crippen MR) is 227 cm³/mol. The van der Waals surface area contributed by atoms with Crippen LogP contribution in [0.4, 0.5) is 4.53 Å². The summed E-state index contributed by atoms with van der Waals surface area (Å²) in [5, 5.41) is 57.5. The fourth-order valence-corrected chi connectivity index (χ4v) is 6.15. The number of carbonyl (C=O) groups is 2. The molecule has 0 aliphatic heterocycles. The van der Waals surface area contributed by atoms with E-state index in [0.29, 0.717) is 12.0 Å². The Morgan fingerprint density at radius 3 is 1.84 bits per heavy atom. The maximum absolute atomic E-state index is 14.1. The third-order valence-electron chi connectivity index (χ3n) is 10.5. The number of benzene rings is 1. The Morgan fingerprint density at radius 2 is 1.34 bits per heavy atom. The molecule has 1 aromatic rings. The van der Waals surface area contributed by atoms with Crippen LogP contribution in [0.5, 0.6) is 5.75 Å². The van der Waals surface area contributed by atoms with Gasteiger partial charge in [-0.05, 0) is 127 Å². The average Bonchev–Trinajstić information content (AvgIpc) is 3.18. The molecule has 362 valence electrons. The highest BCUT2D eigenvalue weighted by atomic mass is 19.3. The van der Waals surface area contributed by atoms with Crippen molar-refractivity contribution in [1.29, 1.82) is 0 Å². The van der Waals surface area contributed by atoms with Crippen LogP contribution in [0.25, 0.3) is 0 Å². The number of methoxy groups -OCH3 is 2. The minimum atomic E-state index is -1.82. The first kappa shape index (κ1) is 57.4. The van der Waals surface area contributed by atoms with Crippen molar-refractivity contribution in [3.8, 4) is 5.75 Å². The van der Waals surface area contributed by atoms with Crippen LogP contribution in [-0.4, -0.2) is 148 Å². The second-order valence-electron chi connectivity index (χ2n) is 19.6. The quantitative estimate of drug-likeness (QED) is 0.0352. The van der Waals surface area contributed by atoms with Gasteiger partial charge in [0.25, 0.3) is 0 Å². The van der Waals surface area contributed by atoms with Gasteiger partial charge in [0.15, 0.2) is 5.75 Å². The molecule has 7 atom stereocenters. The Hall–Kier alpha value is -2.59. The molecular weight excluding hydrogens is 817 g/mol. The highest BCUT2D eigenvalue weighted by molar-refractivity contribution is 5.80. The second-order valence-corrected chi connectivity index (χ2v) is 19.6. The SMILES string of the molecule is COC(C)(C)CCC(O)[C@H](OC(C)(C)CCOC(C)(C)C(C(=O)NCC(C)(C)OCC(C)(C)OC)C(O)C(O)[C@@H](CO)OC(C)(C)C)C(OO)C(=O)OCc1ccc(OF)cc1. The van der Waals surface area contributed by atoms with Crippen molar-refractivity contribution in [2.24, 2.45) is 5.92 Å². The van der Waals surface area contributed by atoms with E-state index in [1.165, 1.54) is 31.4 Å². The molecule has 1 aromatic carbocycles. The molecule has 62 heavy (non-hydrogen) atoms. The number of rotatable bonds is 30. The van der Waals surface area contributed by atoms with Crippen LogP contribution >= 0.6 is 0 Å². The predicted octanol–water partition coefficient (Wildman–Crippen LogP) is 4.62. The molecule has 0 fully saturated rings. The van der Waals surface area contributed by atoms with E-state index in [2.05, 4.69) is 15.1 Å². The van der Waals surface area contributed by atoms with Crippen LogP contribution in [0.3, 0.4) is 0 Å². The zero-order valence-corrected chi connectivity index (χ0v) is 39.6. The van der Waals surface area contributed by atoms with Gasteiger partial charge in [0.2, 0.25) is 12.0 Å². The Kier molecular flexibility index (Phi) is 22.8. The molecule has 0 saturated carbocycles. The summed E-state index contributed by atoms with van der Waals surface area (Å²) in [7, 11) is 3.09. The highest BCUT2D eigenvalue weighted by Crippen LogP contribution is 2.32. The molecule has 6 N–H and O–H groups in total. The number of ether oxygens (including phenoxy) is 7. The molecule has 0 aromatic heterocycles. The molecule has 0 aliphatic rings. The van der Waals surface area contributed by atoms with Gasteiger partial charge in [0, 0.05) is 25.3 Å². The number of aliphatic hydroxyl groups excluding tert-OH is 4. The zero-order chi connectivity index (χ0) is 47.9. The fraction of sp³-hybridized carbons (Fsp3) is 0.818. The van der Waals surface area contributed by atoms with Gasteiger partial charge < -0.3 is 58.9 Å². The van der Waals surface area contributed by atoms with Crippen molar-refractivity contribution in [1.82, 2.24) is 5.32 Å². The van der Waals surface area contributed by atoms with Gasteiger partial charge in [-0.25, -0.2) is 9.68 Å². The van der Waals surface area contributed by atoms with Crippen LogP contribution in [-0.2, 0) is 54.2 Å². The van der Waals surface area contributed by atoms with Crippen LogP contribution in [0.2, 0.25) is 0 Å². The van der Waals surface area contributed by atoms with E-state index >= 15 is 0 Å². The van der Waals surface area contributed by atoms with Gasteiger partial charge in [-0.15, -0.1) is 0 Å². The van der Waals surface area contributed by atoms with E-state index in [1.807, 2.05) is 27.7 Å². The standard InChI is InChI=1S/C44H78FNO16/c1-39(2,3)59-31(24-47)33(49)34(50)32(37(51)46-26-42(8,9)58-27-43(10,11)55-15)44(12,13)57-23-22-41(6,7)60-35(30(48)20-21-40(4,5)54-14)36(62-53)38(52)56-25-28-16-18-29(61-45)19-17-28/h16-19,30-36,47-50,53H,20-27H2,1-15H3,(H,46,51)/t30?,31-,32?,33?,34?,35+,36?/m1/s1. The van der Waals surface area contributed by atoms with E-state index in [0.717, 1.165) is 0 Å². The number of hydrogen-bond acceptors (Lipinski definition) is 16. The van der Waals surface area contributed by atoms with E-state index < -0.39 is 94.6 Å². The molecule has 0 aliphatic carbocycles. The molecule has 1 amide bonds. The lowest BCUT2D eigenvalue weighted by atomic mass is 9.81. The number of halogens is 1. The summed E-state index contributed by atoms with van der Waals surface area (Å²) in [5.41, 5.74) is -5.19. The van der Waals surface area contributed by atoms with E-state index in [-0.39, 0.29) is 45.0 Å². The van der Waals surface area contributed by atoms with Crippen molar-refractivity contribution in [3.05, 3.63) is 29.8 Å². The fourth-order valence-electron chi connectivity index (χ4n) is 6.15. The molecule has 0 saturated heterocycles. The van der Waals surface area contributed by atoms with E-state index in [4.69, 9.17) is 33.2 Å². The maximum Gasteiger partial charge on any atom is 0.341 e. The van der Waals surface area contributed by atoms with Crippen molar-refractivity contribution in [3.63, 3.8) is 0 Å². The van der Waals surface area contributed by atoms with Gasteiger partial charge in [0.1, 0.15) is 24.9 Å². The molecule has 0 spiro atoms. The lowest BCUT2D eigenvalue weighted by molar-refractivity contribution is -0.313. The number of aliphatic hydroxyl groups is 4. The number of amides is 1. The summed E-state index contributed by atoms with van der Waals surface area (Å²) in [5.74, 6) is -3.23. The summed E-state index contributed by atoms with van der Waals surface area (Å²) in [4.78, 5) is 35.8. The maximum atomic E-state index is 14.1. The summed E-state index contributed by atoms with van der Waals surface area (Å²) in [6, 6.07) is 5.59. The molecule has 0 bridgehead atoms. The zero-order valence-electron chi connectivity index (χ0n) is 39.6. The minimum absolute atomic E-state index is 0.00596. The molecule has 17 nitrogen and oxygen atoms in total.